The molecule has 1 aliphatic heterocycles. The van der Waals surface area contributed by atoms with Crippen LogP contribution in [0.4, 0.5) is 0 Å². The number of carboxylic acid groups (broad SMARTS) is 1. The van der Waals surface area contributed by atoms with E-state index in [-0.39, 0.29) is 13.0 Å². The van der Waals surface area contributed by atoms with E-state index in [2.05, 4.69) is 10.1 Å². The van der Waals surface area contributed by atoms with E-state index in [4.69, 9.17) is 0 Å². The van der Waals surface area contributed by atoms with Gasteiger partial charge in [-0.05, 0) is 18.4 Å². The highest BCUT2D eigenvalue weighted by molar-refractivity contribution is 6.32. The first-order chi connectivity index (χ1) is 11.9. The Morgan fingerprint density at radius 2 is 1.96 bits per heavy atom. The van der Waals surface area contributed by atoms with Gasteiger partial charge in [-0.2, -0.15) is 0 Å². The van der Waals surface area contributed by atoms with Crippen LogP contribution in [0.3, 0.4) is 0 Å². The number of hydrogen-bond acceptors (Lipinski definition) is 5. The van der Waals surface area contributed by atoms with Crippen LogP contribution >= 0.6 is 0 Å². The van der Waals surface area contributed by atoms with Gasteiger partial charge in [-0.3, -0.25) is 9.59 Å². The van der Waals surface area contributed by atoms with Gasteiger partial charge in [0.2, 0.25) is 5.91 Å². The Labute approximate surface area is 144 Å². The molecule has 0 bridgehead atoms. The first kappa shape index (κ1) is 18.4. The summed E-state index contributed by atoms with van der Waals surface area (Å²) in [6, 6.07) is 6.92. The number of ether oxygens (including phenoxy) is 1. The molecule has 25 heavy (non-hydrogen) atoms. The lowest BCUT2D eigenvalue weighted by atomic mass is 10.1. The lowest BCUT2D eigenvalue weighted by molar-refractivity contribution is -0.159. The van der Waals surface area contributed by atoms with Crippen LogP contribution in [0.25, 0.3) is 0 Å². The Morgan fingerprint density at radius 3 is 2.56 bits per heavy atom. The molecule has 1 aromatic rings. The standard InChI is InChI=1S/C17H20N2O6/c1-25-17(24)15(21)19-9-5-8-13(19)14(20)18-12(16(22)23)10-11-6-3-2-4-7-11/h2-4,6-7,12-13H,5,8-10H2,1H3,(H,18,20)(H,22,23)/t12-,13-/m1/s1. The molecule has 0 spiro atoms. The summed E-state index contributed by atoms with van der Waals surface area (Å²) in [5.74, 6) is -3.69. The van der Waals surface area contributed by atoms with Crippen LogP contribution in [0.15, 0.2) is 30.3 Å². The zero-order valence-electron chi connectivity index (χ0n) is 13.8. The summed E-state index contributed by atoms with van der Waals surface area (Å²) in [5, 5.41) is 11.8. The van der Waals surface area contributed by atoms with Crippen LogP contribution in [-0.4, -0.2) is 59.5 Å². The second-order valence-corrected chi connectivity index (χ2v) is 5.74. The highest BCUT2D eigenvalue weighted by Gasteiger charge is 2.38. The van der Waals surface area contributed by atoms with Crippen molar-refractivity contribution in [1.29, 1.82) is 0 Å². The van der Waals surface area contributed by atoms with Gasteiger partial charge in [-0.1, -0.05) is 30.3 Å². The minimum Gasteiger partial charge on any atom is -0.480 e. The Bertz CT molecular complexity index is 660. The van der Waals surface area contributed by atoms with Crippen molar-refractivity contribution in [3.8, 4) is 0 Å². The van der Waals surface area contributed by atoms with Crippen molar-refractivity contribution >= 4 is 23.8 Å². The van der Waals surface area contributed by atoms with E-state index in [0.717, 1.165) is 17.6 Å². The van der Waals surface area contributed by atoms with Crippen LogP contribution in [0, 0.1) is 0 Å². The summed E-state index contributed by atoms with van der Waals surface area (Å²) < 4.78 is 4.39. The van der Waals surface area contributed by atoms with E-state index in [1.807, 2.05) is 6.07 Å². The fourth-order valence-corrected chi connectivity index (χ4v) is 2.80. The van der Waals surface area contributed by atoms with Gasteiger partial charge in [0.25, 0.3) is 0 Å². The molecular formula is C17H20N2O6. The number of nitrogens with zero attached hydrogens (tertiary/aromatic N) is 1. The molecule has 1 saturated heterocycles. The number of amides is 2. The zero-order valence-corrected chi connectivity index (χ0v) is 13.8. The van der Waals surface area contributed by atoms with E-state index in [9.17, 15) is 24.3 Å². The number of nitrogens with one attached hydrogen (secondary N) is 1. The molecule has 8 heteroatoms. The minimum atomic E-state index is -1.17. The van der Waals surface area contributed by atoms with E-state index >= 15 is 0 Å². The molecule has 0 saturated carbocycles. The number of carbonyl (C=O) groups excluding carboxylic acids is 3. The Kier molecular flexibility index (Phi) is 6.10. The molecule has 0 radical (unpaired) electrons. The highest BCUT2D eigenvalue weighted by atomic mass is 16.5. The van der Waals surface area contributed by atoms with Crippen molar-refractivity contribution in [3.63, 3.8) is 0 Å². The van der Waals surface area contributed by atoms with E-state index in [0.29, 0.717) is 12.8 Å². The summed E-state index contributed by atoms with van der Waals surface area (Å²) in [6.45, 7) is 0.252. The Morgan fingerprint density at radius 1 is 1.28 bits per heavy atom. The van der Waals surface area contributed by atoms with Gasteiger partial charge in [0, 0.05) is 13.0 Å². The van der Waals surface area contributed by atoms with Crippen LogP contribution in [-0.2, 0) is 30.3 Å². The number of likely N-dealkylation sites (tertiary alicyclic amines) is 1. The van der Waals surface area contributed by atoms with Gasteiger partial charge in [-0.25, -0.2) is 9.59 Å². The van der Waals surface area contributed by atoms with Crippen molar-refractivity contribution in [2.75, 3.05) is 13.7 Å². The van der Waals surface area contributed by atoms with Crippen molar-refractivity contribution in [2.45, 2.75) is 31.3 Å². The molecule has 2 atom stereocenters. The summed E-state index contributed by atoms with van der Waals surface area (Å²) in [4.78, 5) is 48.4. The summed E-state index contributed by atoms with van der Waals surface area (Å²) in [5.41, 5.74) is 0.768. The monoisotopic (exact) mass is 348 g/mol. The number of rotatable bonds is 5. The number of carbonyl (C=O) groups is 4. The van der Waals surface area contributed by atoms with Crippen LogP contribution in [0.1, 0.15) is 18.4 Å². The van der Waals surface area contributed by atoms with E-state index in [1.165, 1.54) is 0 Å². The second kappa shape index (κ2) is 8.27. The Hall–Kier alpha value is -2.90. The van der Waals surface area contributed by atoms with Gasteiger partial charge >= 0.3 is 17.8 Å². The molecule has 2 rings (SSSR count). The third-order valence-corrected chi connectivity index (χ3v) is 4.07. The molecule has 0 aliphatic carbocycles. The number of aliphatic carboxylic acids is 1. The van der Waals surface area contributed by atoms with Gasteiger partial charge < -0.3 is 20.1 Å². The number of benzene rings is 1. The molecule has 2 amide bonds. The number of methoxy groups -OCH3 is 1. The molecule has 1 fully saturated rings. The Balaban J connectivity index is 2.06. The van der Waals surface area contributed by atoms with Gasteiger partial charge in [0.15, 0.2) is 0 Å². The fourth-order valence-electron chi connectivity index (χ4n) is 2.80. The molecule has 0 unspecified atom stereocenters. The average Bonchev–Trinajstić information content (AvgIpc) is 3.10. The molecule has 0 aromatic heterocycles. The lowest BCUT2D eigenvalue weighted by Crippen LogP contribution is -2.52. The van der Waals surface area contributed by atoms with Crippen molar-refractivity contribution in [3.05, 3.63) is 35.9 Å². The number of esters is 1. The summed E-state index contributed by atoms with van der Waals surface area (Å²) in [6.07, 6.45) is 1.04. The normalized spacial score (nSPS) is 17.6. The predicted molar refractivity (Wildman–Crippen MR) is 86.5 cm³/mol. The molecule has 1 heterocycles. The third kappa shape index (κ3) is 4.56. The highest BCUT2D eigenvalue weighted by Crippen LogP contribution is 2.18. The van der Waals surface area contributed by atoms with Crippen LogP contribution in [0.5, 0.6) is 0 Å². The minimum absolute atomic E-state index is 0.125. The predicted octanol–water partition coefficient (Wildman–Crippen LogP) is -0.0375. The van der Waals surface area contributed by atoms with Crippen molar-refractivity contribution in [1.82, 2.24) is 10.2 Å². The van der Waals surface area contributed by atoms with Gasteiger partial charge in [0.05, 0.1) is 7.11 Å². The van der Waals surface area contributed by atoms with Crippen LogP contribution < -0.4 is 5.32 Å². The van der Waals surface area contributed by atoms with Gasteiger partial charge in [0.1, 0.15) is 12.1 Å². The maximum absolute atomic E-state index is 12.5. The third-order valence-electron chi connectivity index (χ3n) is 4.07. The number of carboxylic acids is 1. The van der Waals surface area contributed by atoms with Crippen molar-refractivity contribution in [2.24, 2.45) is 0 Å². The largest absolute Gasteiger partial charge is 0.480 e. The lowest BCUT2D eigenvalue weighted by Gasteiger charge is -2.24. The zero-order chi connectivity index (χ0) is 18.4. The second-order valence-electron chi connectivity index (χ2n) is 5.74. The SMILES string of the molecule is COC(=O)C(=O)N1CCC[C@@H]1C(=O)N[C@H](Cc1ccccc1)C(=O)O. The van der Waals surface area contributed by atoms with Gasteiger partial charge in [-0.15, -0.1) is 0 Å². The first-order valence-electron chi connectivity index (χ1n) is 7.90. The molecule has 134 valence electrons. The molecule has 8 nitrogen and oxygen atoms in total. The quantitative estimate of drug-likeness (QED) is 0.570. The van der Waals surface area contributed by atoms with Crippen LogP contribution in [0.2, 0.25) is 0 Å². The summed E-state index contributed by atoms with van der Waals surface area (Å²) in [7, 11) is 1.09. The van der Waals surface area contributed by atoms with E-state index < -0.39 is 35.8 Å². The summed E-state index contributed by atoms with van der Waals surface area (Å²) >= 11 is 0. The molecule has 1 aromatic carbocycles. The number of hydrogen-bond donors (Lipinski definition) is 2. The maximum atomic E-state index is 12.5. The smallest absolute Gasteiger partial charge is 0.396 e. The topological polar surface area (TPSA) is 113 Å². The van der Waals surface area contributed by atoms with E-state index in [1.54, 1.807) is 24.3 Å². The molecule has 1 aliphatic rings. The first-order valence-corrected chi connectivity index (χ1v) is 7.90. The van der Waals surface area contributed by atoms with Crippen molar-refractivity contribution < 1.29 is 29.0 Å². The fraction of sp³-hybridized carbons (Fsp3) is 0.412. The molecule has 2 N–H and O–H groups in total. The maximum Gasteiger partial charge on any atom is 0.396 e. The molecular weight excluding hydrogens is 328 g/mol. The average molecular weight is 348 g/mol.